The van der Waals surface area contributed by atoms with Crippen LogP contribution >= 0.6 is 0 Å². The van der Waals surface area contributed by atoms with Crippen molar-refractivity contribution in [1.82, 2.24) is 14.8 Å². The summed E-state index contributed by atoms with van der Waals surface area (Å²) in [6.45, 7) is 4.90. The van der Waals surface area contributed by atoms with Gasteiger partial charge in [0, 0.05) is 31.8 Å². The van der Waals surface area contributed by atoms with Crippen LogP contribution in [0.1, 0.15) is 55.3 Å². The first-order valence-corrected chi connectivity index (χ1v) is 10.2. The molecule has 1 saturated carbocycles. The summed E-state index contributed by atoms with van der Waals surface area (Å²) in [6, 6.07) is 3.90. The van der Waals surface area contributed by atoms with E-state index in [2.05, 4.69) is 5.32 Å². The summed E-state index contributed by atoms with van der Waals surface area (Å²) in [5.74, 6) is 0.549. The Morgan fingerprint density at radius 2 is 2.07 bits per heavy atom. The number of carbonyl (C=O) groups is 2. The summed E-state index contributed by atoms with van der Waals surface area (Å²) in [6.07, 6.45) is 5.53. The van der Waals surface area contributed by atoms with Gasteiger partial charge in [0.25, 0.3) is 5.91 Å². The number of nitrogens with zero attached hydrogens (tertiary/aromatic N) is 2. The van der Waals surface area contributed by atoms with Crippen molar-refractivity contribution in [1.29, 1.82) is 0 Å². The Kier molecular flexibility index (Phi) is 4.95. The Morgan fingerprint density at radius 3 is 2.79 bits per heavy atom. The smallest absolute Gasteiger partial charge is 0.271 e. The van der Waals surface area contributed by atoms with Gasteiger partial charge in [-0.2, -0.15) is 0 Å². The molecule has 7 nitrogen and oxygen atoms in total. The van der Waals surface area contributed by atoms with Crippen LogP contribution in [-0.4, -0.2) is 53.1 Å². The third-order valence-electron chi connectivity index (χ3n) is 6.19. The van der Waals surface area contributed by atoms with Crippen LogP contribution in [0.25, 0.3) is 11.1 Å². The van der Waals surface area contributed by atoms with Gasteiger partial charge in [0.1, 0.15) is 17.0 Å². The van der Waals surface area contributed by atoms with E-state index < -0.39 is 5.54 Å². The molecule has 1 aliphatic heterocycles. The number of hydrogen-bond acceptors (Lipinski definition) is 4. The summed E-state index contributed by atoms with van der Waals surface area (Å²) < 4.78 is 12.9. The Labute approximate surface area is 165 Å². The minimum Gasteiger partial charge on any atom is -0.460 e. The van der Waals surface area contributed by atoms with Crippen molar-refractivity contribution < 1.29 is 18.7 Å². The van der Waals surface area contributed by atoms with Gasteiger partial charge in [0.05, 0.1) is 18.7 Å². The summed E-state index contributed by atoms with van der Waals surface area (Å²) in [5, 5.41) is 3.22. The molecule has 1 atom stereocenters. The molecular formula is C21H29N3O4. The van der Waals surface area contributed by atoms with Crippen molar-refractivity contribution in [3.05, 3.63) is 23.6 Å². The highest BCUT2D eigenvalue weighted by atomic mass is 16.5. The molecular weight excluding hydrogens is 358 g/mol. The second-order valence-electron chi connectivity index (χ2n) is 8.25. The van der Waals surface area contributed by atoms with Crippen LogP contribution in [0.2, 0.25) is 0 Å². The molecule has 0 aromatic carbocycles. The number of methoxy groups -OCH3 is 1. The average molecular weight is 387 g/mol. The van der Waals surface area contributed by atoms with Crippen LogP contribution in [0, 0.1) is 6.92 Å². The summed E-state index contributed by atoms with van der Waals surface area (Å²) in [4.78, 5) is 28.4. The lowest BCUT2D eigenvalue weighted by atomic mass is 9.91. The van der Waals surface area contributed by atoms with Crippen molar-refractivity contribution in [3.8, 4) is 0 Å². The van der Waals surface area contributed by atoms with Gasteiger partial charge in [-0.25, -0.2) is 0 Å². The largest absolute Gasteiger partial charge is 0.460 e. The van der Waals surface area contributed by atoms with Crippen LogP contribution in [0.5, 0.6) is 0 Å². The number of ether oxygens (including phenoxy) is 1. The van der Waals surface area contributed by atoms with Gasteiger partial charge in [-0.05, 0) is 26.7 Å². The number of hydrogen-bond donors (Lipinski definition) is 1. The molecule has 0 bridgehead atoms. The summed E-state index contributed by atoms with van der Waals surface area (Å²) in [7, 11) is 1.60. The molecule has 1 unspecified atom stereocenters. The lowest BCUT2D eigenvalue weighted by Gasteiger charge is -2.44. The van der Waals surface area contributed by atoms with Crippen molar-refractivity contribution in [2.24, 2.45) is 0 Å². The average Bonchev–Trinajstić information content (AvgIpc) is 3.19. The van der Waals surface area contributed by atoms with Crippen LogP contribution in [0.4, 0.5) is 0 Å². The fraction of sp³-hybridized carbons (Fsp3) is 0.619. The summed E-state index contributed by atoms with van der Waals surface area (Å²) >= 11 is 0. The standard InChI is InChI=1S/C21H29N3O4/c1-14-11-16-18(28-14)12-17-19(25)24(9-10-27-3)21(2,13-23(16)17)20(26)22-15-7-5-4-6-8-15/h11-12,15H,4-10,13H2,1-3H3,(H,22,26). The van der Waals surface area contributed by atoms with Gasteiger partial charge in [-0.15, -0.1) is 0 Å². The van der Waals surface area contributed by atoms with Crippen molar-refractivity contribution in [2.75, 3.05) is 20.3 Å². The normalized spacial score (nSPS) is 23.2. The number of aryl methyl sites for hydroxylation is 1. The fourth-order valence-corrected chi connectivity index (χ4v) is 4.58. The monoisotopic (exact) mass is 387 g/mol. The molecule has 1 N–H and O–H groups in total. The van der Waals surface area contributed by atoms with E-state index >= 15 is 0 Å². The molecule has 0 saturated heterocycles. The fourth-order valence-electron chi connectivity index (χ4n) is 4.58. The van der Waals surface area contributed by atoms with E-state index in [0.717, 1.165) is 37.0 Å². The molecule has 2 aromatic rings. The predicted octanol–water partition coefficient (Wildman–Crippen LogP) is 2.85. The number of nitrogens with one attached hydrogen (secondary N) is 1. The maximum Gasteiger partial charge on any atom is 0.271 e. The molecule has 152 valence electrons. The number of fused-ring (bicyclic) bond motifs is 3. The van der Waals surface area contributed by atoms with E-state index in [1.807, 2.05) is 24.5 Å². The molecule has 2 amide bonds. The maximum absolute atomic E-state index is 13.4. The van der Waals surface area contributed by atoms with Crippen LogP contribution in [0.15, 0.2) is 16.5 Å². The first kappa shape index (κ1) is 19.1. The van der Waals surface area contributed by atoms with Gasteiger partial charge in [0.15, 0.2) is 5.58 Å². The molecule has 2 aliphatic rings. The lowest BCUT2D eigenvalue weighted by Crippen LogP contribution is -2.65. The highest BCUT2D eigenvalue weighted by Crippen LogP contribution is 2.34. The Balaban J connectivity index is 1.69. The predicted molar refractivity (Wildman–Crippen MR) is 105 cm³/mol. The topological polar surface area (TPSA) is 76.7 Å². The van der Waals surface area contributed by atoms with Crippen LogP contribution in [-0.2, 0) is 16.1 Å². The zero-order valence-corrected chi connectivity index (χ0v) is 16.9. The number of aromatic nitrogens is 1. The Hall–Kier alpha value is -2.28. The number of amides is 2. The Morgan fingerprint density at radius 1 is 1.32 bits per heavy atom. The minimum absolute atomic E-state index is 0.0865. The number of furan rings is 1. The Bertz CT molecular complexity index is 893. The van der Waals surface area contributed by atoms with Gasteiger partial charge < -0.3 is 23.9 Å². The van der Waals surface area contributed by atoms with E-state index in [1.54, 1.807) is 18.1 Å². The highest BCUT2D eigenvalue weighted by molar-refractivity contribution is 6.03. The molecule has 1 aliphatic carbocycles. The van der Waals surface area contributed by atoms with Crippen LogP contribution < -0.4 is 5.32 Å². The molecule has 7 heteroatoms. The van der Waals surface area contributed by atoms with Gasteiger partial charge >= 0.3 is 0 Å². The third kappa shape index (κ3) is 3.11. The zero-order chi connectivity index (χ0) is 19.9. The first-order valence-electron chi connectivity index (χ1n) is 10.2. The second kappa shape index (κ2) is 7.28. The van der Waals surface area contributed by atoms with E-state index in [4.69, 9.17) is 9.15 Å². The van der Waals surface area contributed by atoms with Gasteiger partial charge in [-0.1, -0.05) is 19.3 Å². The van der Waals surface area contributed by atoms with Gasteiger partial charge in [0.2, 0.25) is 5.91 Å². The van der Waals surface area contributed by atoms with Crippen molar-refractivity contribution in [3.63, 3.8) is 0 Å². The van der Waals surface area contributed by atoms with Crippen molar-refractivity contribution >= 4 is 22.9 Å². The van der Waals surface area contributed by atoms with E-state index in [0.29, 0.717) is 31.0 Å². The van der Waals surface area contributed by atoms with E-state index in [9.17, 15) is 9.59 Å². The van der Waals surface area contributed by atoms with E-state index in [1.165, 1.54) is 6.42 Å². The second-order valence-corrected chi connectivity index (χ2v) is 8.25. The maximum atomic E-state index is 13.4. The molecule has 2 aromatic heterocycles. The third-order valence-corrected chi connectivity index (χ3v) is 6.19. The zero-order valence-electron chi connectivity index (χ0n) is 16.9. The molecule has 0 radical (unpaired) electrons. The SMILES string of the molecule is COCCN1C(=O)c2cc3oc(C)cc3n2CC1(C)C(=O)NC1CCCCC1. The van der Waals surface area contributed by atoms with Crippen molar-refractivity contribution in [2.45, 2.75) is 64.1 Å². The number of rotatable bonds is 5. The molecule has 0 spiro atoms. The molecule has 3 heterocycles. The molecule has 28 heavy (non-hydrogen) atoms. The molecule has 1 fully saturated rings. The number of carbonyl (C=O) groups excluding carboxylic acids is 2. The van der Waals surface area contributed by atoms with E-state index in [-0.39, 0.29) is 17.9 Å². The molecule has 4 rings (SSSR count). The highest BCUT2D eigenvalue weighted by Gasteiger charge is 2.48. The quantitative estimate of drug-likeness (QED) is 0.856. The van der Waals surface area contributed by atoms with Gasteiger partial charge in [-0.3, -0.25) is 9.59 Å². The summed E-state index contributed by atoms with van der Waals surface area (Å²) in [5.41, 5.74) is 1.14. The first-order chi connectivity index (χ1) is 13.4. The lowest BCUT2D eigenvalue weighted by molar-refractivity contribution is -0.134. The van der Waals surface area contributed by atoms with Crippen LogP contribution in [0.3, 0.4) is 0 Å². The minimum atomic E-state index is -0.975.